The number of benzene rings is 12. The van der Waals surface area contributed by atoms with Crippen molar-refractivity contribution in [3.63, 3.8) is 0 Å². The van der Waals surface area contributed by atoms with Gasteiger partial charge in [-0.05, 0) is 156 Å². The van der Waals surface area contributed by atoms with Crippen LogP contribution < -0.4 is 46.4 Å². The predicted octanol–water partition coefficient (Wildman–Crippen LogP) is 14.7. The lowest BCUT2D eigenvalue weighted by Gasteiger charge is -2.64. The van der Waals surface area contributed by atoms with Crippen molar-refractivity contribution in [1.29, 1.82) is 0 Å². The Kier molecular flexibility index (Phi) is 12.2. The number of para-hydroxylation sites is 3. The van der Waals surface area contributed by atoms with Gasteiger partial charge in [0.1, 0.15) is 0 Å². The van der Waals surface area contributed by atoms with Gasteiger partial charge in [-0.15, -0.1) is 0 Å². The third-order valence-electron chi connectivity index (χ3n) is 21.0. The molecule has 0 N–H and O–H groups in total. The minimum absolute atomic E-state index is 0.0501. The highest BCUT2D eigenvalue weighted by Crippen LogP contribution is 2.69. The van der Waals surface area contributed by atoms with Crippen molar-refractivity contribution >= 4 is 96.5 Å². The van der Waals surface area contributed by atoms with E-state index in [1.54, 1.807) is 11.1 Å². The van der Waals surface area contributed by atoms with Crippen LogP contribution in [-0.2, 0) is 5.41 Å². The number of fused-ring (bicyclic) bond motifs is 5. The summed E-state index contributed by atoms with van der Waals surface area (Å²) in [4.78, 5) is 2.61. The average molecular weight is 1140 g/mol. The summed E-state index contributed by atoms with van der Waals surface area (Å²) in [6.07, 6.45) is 6.89. The highest BCUT2D eigenvalue weighted by atomic mass is 28.3. The quantitative estimate of drug-likeness (QED) is 0.0926. The summed E-state index contributed by atoms with van der Waals surface area (Å²) in [5.41, 5.74) is 12.9. The third kappa shape index (κ3) is 7.55. The van der Waals surface area contributed by atoms with Crippen LogP contribution in [0.3, 0.4) is 0 Å². The van der Waals surface area contributed by atoms with E-state index in [-0.39, 0.29) is 5.41 Å². The van der Waals surface area contributed by atoms with Crippen LogP contribution in [0.4, 0.5) is 17.1 Å². The first-order chi connectivity index (χ1) is 42.6. The Morgan fingerprint density at radius 1 is 0.291 bits per heavy atom. The van der Waals surface area contributed by atoms with Gasteiger partial charge in [-0.25, -0.2) is 0 Å². The molecule has 2 heterocycles. The van der Waals surface area contributed by atoms with E-state index >= 15 is 0 Å². The zero-order valence-electron chi connectivity index (χ0n) is 48.3. The molecule has 1 aliphatic heterocycles. The van der Waals surface area contributed by atoms with Crippen LogP contribution in [0.15, 0.2) is 315 Å². The summed E-state index contributed by atoms with van der Waals surface area (Å²) < 4.78 is 2.59. The average Bonchev–Trinajstić information content (AvgIpc) is 0.771. The highest BCUT2D eigenvalue weighted by Gasteiger charge is 2.61. The smallest absolute Gasteiger partial charge is 0.179 e. The molecular weight excluding hydrogens is 1070 g/mol. The first-order valence-electron chi connectivity index (χ1n) is 31.2. The lowest BCUT2D eigenvalue weighted by Crippen LogP contribution is -2.74. The van der Waals surface area contributed by atoms with Gasteiger partial charge >= 0.3 is 0 Å². The molecule has 4 fully saturated rings. The van der Waals surface area contributed by atoms with E-state index in [0.717, 1.165) is 17.5 Å². The number of aromatic nitrogens is 1. The number of hydrogen-bond acceptors (Lipinski definition) is 1. The molecule has 0 unspecified atom stereocenters. The van der Waals surface area contributed by atoms with Gasteiger partial charge in [0.15, 0.2) is 16.1 Å². The normalized spacial score (nSPS) is 18.3. The van der Waals surface area contributed by atoms with Crippen molar-refractivity contribution in [3.8, 4) is 16.8 Å². The molecular formula is C82H66N2Si2. The van der Waals surface area contributed by atoms with Gasteiger partial charge < -0.3 is 9.47 Å². The summed E-state index contributed by atoms with van der Waals surface area (Å²) in [5, 5.41) is 13.4. The predicted molar refractivity (Wildman–Crippen MR) is 366 cm³/mol. The number of nitrogens with zero attached hydrogens (tertiary/aromatic N) is 2. The molecule has 86 heavy (non-hydrogen) atoms. The van der Waals surface area contributed by atoms with E-state index in [2.05, 4.69) is 325 Å². The Labute approximate surface area is 507 Å². The molecule has 4 aliphatic carbocycles. The molecule has 0 amide bonds. The number of rotatable bonds is 11. The Morgan fingerprint density at radius 2 is 0.651 bits per heavy atom. The molecule has 5 aliphatic rings. The Bertz CT molecular complexity index is 4200. The third-order valence-corrected chi connectivity index (χ3v) is 30.6. The van der Waals surface area contributed by atoms with Crippen LogP contribution in [-0.4, -0.2) is 20.7 Å². The van der Waals surface area contributed by atoms with Gasteiger partial charge in [-0.2, -0.15) is 0 Å². The van der Waals surface area contributed by atoms with E-state index in [9.17, 15) is 0 Å². The van der Waals surface area contributed by atoms with Crippen LogP contribution in [0.25, 0.3) is 38.6 Å². The molecule has 0 radical (unpaired) electrons. The molecule has 1 aromatic heterocycles. The van der Waals surface area contributed by atoms with Crippen molar-refractivity contribution < 1.29 is 0 Å². The first kappa shape index (κ1) is 51.1. The van der Waals surface area contributed by atoms with Gasteiger partial charge in [0, 0.05) is 27.4 Å². The van der Waals surface area contributed by atoms with Gasteiger partial charge in [0.25, 0.3) is 0 Å². The zero-order chi connectivity index (χ0) is 56.8. The van der Waals surface area contributed by atoms with Crippen LogP contribution in [0.5, 0.6) is 0 Å². The second-order valence-electron chi connectivity index (χ2n) is 25.1. The second kappa shape index (κ2) is 20.4. The van der Waals surface area contributed by atoms with Crippen molar-refractivity contribution in [1.82, 2.24) is 4.57 Å². The van der Waals surface area contributed by atoms with Crippen molar-refractivity contribution in [3.05, 3.63) is 327 Å². The van der Waals surface area contributed by atoms with Gasteiger partial charge in [0.2, 0.25) is 0 Å². The monoisotopic (exact) mass is 1130 g/mol. The maximum Gasteiger partial charge on any atom is 0.179 e. The maximum atomic E-state index is 2.61. The lowest BCUT2D eigenvalue weighted by molar-refractivity contribution is -0.0419. The van der Waals surface area contributed by atoms with E-state index in [4.69, 9.17) is 0 Å². The Hall–Kier alpha value is -9.33. The van der Waals surface area contributed by atoms with E-state index in [1.165, 1.54) is 124 Å². The van der Waals surface area contributed by atoms with E-state index < -0.39 is 16.1 Å². The summed E-state index contributed by atoms with van der Waals surface area (Å²) in [6, 6.07) is 121. The minimum Gasteiger partial charge on any atom is -0.310 e. The molecule has 4 bridgehead atoms. The zero-order valence-corrected chi connectivity index (χ0v) is 50.3. The summed E-state index contributed by atoms with van der Waals surface area (Å²) in [5.74, 6) is 3.14. The van der Waals surface area contributed by atoms with Crippen LogP contribution in [0.1, 0.15) is 43.2 Å². The molecule has 4 heteroatoms. The first-order valence-corrected chi connectivity index (χ1v) is 35.2. The number of hydrogen-bond donors (Lipinski definition) is 0. The largest absolute Gasteiger partial charge is 0.310 e. The van der Waals surface area contributed by atoms with Crippen molar-refractivity contribution in [2.24, 2.45) is 23.7 Å². The van der Waals surface area contributed by atoms with E-state index in [0.29, 0.717) is 11.8 Å². The number of anilines is 3. The molecule has 18 rings (SSSR count). The summed E-state index contributed by atoms with van der Waals surface area (Å²) >= 11 is 0. The van der Waals surface area contributed by atoms with Gasteiger partial charge in [-0.3, -0.25) is 0 Å². The SMILES string of the molecule is c1ccc([Si](c2ccccc2)(c2ccccc2)c2ccc3c(c2)c2cc([Si](c4ccccc4)(c4ccccc4)c4ccccc4)ccc2n3-c2ccccc2-c2cccc(N3c4ccccc4C4(c5ccccc53)C3CC5CC(C3)CC4C5)c2)cc1. The fourth-order valence-corrected chi connectivity index (χ4v) is 27.5. The molecule has 13 aromatic rings. The highest BCUT2D eigenvalue weighted by molar-refractivity contribution is 7.20. The summed E-state index contributed by atoms with van der Waals surface area (Å²) in [6.45, 7) is 0. The van der Waals surface area contributed by atoms with Crippen LogP contribution in [0, 0.1) is 23.7 Å². The Morgan fingerprint density at radius 3 is 1.06 bits per heavy atom. The molecule has 0 saturated heterocycles. The lowest BCUT2D eigenvalue weighted by atomic mass is 9.41. The Balaban J connectivity index is 0.907. The van der Waals surface area contributed by atoms with Gasteiger partial charge in [-0.1, -0.05) is 273 Å². The molecule has 12 aromatic carbocycles. The van der Waals surface area contributed by atoms with Crippen molar-refractivity contribution in [2.45, 2.75) is 37.5 Å². The van der Waals surface area contributed by atoms with Crippen molar-refractivity contribution in [2.75, 3.05) is 4.90 Å². The maximum absolute atomic E-state index is 2.95. The molecule has 0 atom stereocenters. The summed E-state index contributed by atoms with van der Waals surface area (Å²) in [7, 11) is -5.89. The van der Waals surface area contributed by atoms with Gasteiger partial charge in [0.05, 0.1) is 28.1 Å². The van der Waals surface area contributed by atoms with Crippen LogP contribution >= 0.6 is 0 Å². The fourth-order valence-electron chi connectivity index (χ4n) is 18.0. The van der Waals surface area contributed by atoms with Crippen LogP contribution in [0.2, 0.25) is 0 Å². The molecule has 4 saturated carbocycles. The molecule has 2 nitrogen and oxygen atoms in total. The topological polar surface area (TPSA) is 8.17 Å². The standard InChI is InChI=1S/C82H66N2Si2/c1-7-28-64(29-8-1)85(65-30-9-2-10-31-65,66-32-11-3-12-33-66)70-46-48-78-73(56-70)74-57-71(86(67-34-13-4-14-35-67,68-36-15-5-16-37-68)69-38-17-6-18-39-69)47-49-79(74)84(78)77-43-22-19-40-72(77)60-26-25-27-63(55-60)83-80-44-23-20-41-75(80)82(76-42-21-24-45-81(76)83)61-51-58-50-59(53-61)54-62(82)52-58/h1-49,55-59,61-62H,50-54H2. The molecule has 1 spiro atoms. The fraction of sp³-hybridized carbons (Fsp3) is 0.122. The second-order valence-corrected chi connectivity index (χ2v) is 32.7. The van der Waals surface area contributed by atoms with E-state index in [1.807, 2.05) is 0 Å². The molecule has 412 valence electrons. The minimum atomic E-state index is -2.95.